The van der Waals surface area contributed by atoms with Crippen LogP contribution in [-0.2, 0) is 0 Å². The van der Waals surface area contributed by atoms with Crippen LogP contribution in [0.4, 0.5) is 11.4 Å². The quantitative estimate of drug-likeness (QED) is 0.885. The van der Waals surface area contributed by atoms with Gasteiger partial charge >= 0.3 is 0 Å². The van der Waals surface area contributed by atoms with E-state index in [0.717, 1.165) is 30.5 Å². The van der Waals surface area contributed by atoms with Gasteiger partial charge in [0.25, 0.3) is 0 Å². The highest BCUT2D eigenvalue weighted by Crippen LogP contribution is 2.46. The molecule has 0 unspecified atom stereocenters. The third-order valence-corrected chi connectivity index (χ3v) is 4.80. The summed E-state index contributed by atoms with van der Waals surface area (Å²) >= 11 is 15.3. The molecule has 0 fully saturated rings. The van der Waals surface area contributed by atoms with Crippen LogP contribution < -0.4 is 10.2 Å². The maximum atomic E-state index is 6.21. The van der Waals surface area contributed by atoms with Crippen molar-refractivity contribution in [1.29, 1.82) is 0 Å². The summed E-state index contributed by atoms with van der Waals surface area (Å²) in [6.07, 6.45) is 0. The number of rotatable bonds is 3. The minimum absolute atomic E-state index is 0.734. The lowest BCUT2D eigenvalue weighted by molar-refractivity contribution is 1.14. The van der Waals surface area contributed by atoms with Crippen molar-refractivity contribution < 1.29 is 0 Å². The first-order chi connectivity index (χ1) is 8.04. The van der Waals surface area contributed by atoms with Crippen LogP contribution in [0.5, 0.6) is 0 Å². The molecule has 17 heavy (non-hydrogen) atoms. The number of thiophene rings is 2. The maximum absolute atomic E-state index is 6.21. The molecule has 0 aliphatic heterocycles. The Morgan fingerprint density at radius 1 is 1.29 bits per heavy atom. The Kier molecular flexibility index (Phi) is 3.88. The zero-order chi connectivity index (χ0) is 12.6. The van der Waals surface area contributed by atoms with E-state index in [4.69, 9.17) is 23.2 Å². The normalized spacial score (nSPS) is 10.6. The highest BCUT2D eigenvalue weighted by Gasteiger charge is 2.17. The summed E-state index contributed by atoms with van der Waals surface area (Å²) in [6.45, 7) is 0. The zero-order valence-corrected chi connectivity index (χ0v) is 12.7. The van der Waals surface area contributed by atoms with Gasteiger partial charge in [-0.1, -0.05) is 23.2 Å². The Labute approximate surface area is 119 Å². The smallest absolute Gasteiger partial charge is 0.117 e. The molecule has 0 atom stereocenters. The summed E-state index contributed by atoms with van der Waals surface area (Å²) in [4.78, 5) is 3.05. The summed E-state index contributed by atoms with van der Waals surface area (Å²) in [5.41, 5.74) is 2.92. The van der Waals surface area contributed by atoms with E-state index in [-0.39, 0.29) is 0 Å². The first kappa shape index (κ1) is 13.0. The molecule has 0 aromatic carbocycles. The third-order valence-electron chi connectivity index (χ3n) is 2.34. The molecule has 1 N–H and O–H groups in total. The summed E-state index contributed by atoms with van der Waals surface area (Å²) in [7, 11) is 5.80. The molecule has 2 aromatic heterocycles. The van der Waals surface area contributed by atoms with E-state index in [0.29, 0.717) is 0 Å². The van der Waals surface area contributed by atoms with Gasteiger partial charge in [0.2, 0.25) is 0 Å². The largest absolute Gasteiger partial charge is 0.386 e. The van der Waals surface area contributed by atoms with Crippen molar-refractivity contribution in [2.24, 2.45) is 0 Å². The van der Waals surface area contributed by atoms with Crippen LogP contribution in [0.3, 0.4) is 0 Å². The minimum Gasteiger partial charge on any atom is -0.386 e. The monoisotopic (exact) mass is 305 g/mol. The Bertz CT molecular complexity index is 532. The van der Waals surface area contributed by atoms with Crippen LogP contribution in [0.25, 0.3) is 10.4 Å². The van der Waals surface area contributed by atoms with Gasteiger partial charge in [0.1, 0.15) is 8.67 Å². The summed E-state index contributed by atoms with van der Waals surface area (Å²) in [6, 6.07) is 2.05. The van der Waals surface area contributed by atoms with E-state index >= 15 is 0 Å². The number of nitrogens with zero attached hydrogens (tertiary/aromatic N) is 1. The molecule has 2 nitrogen and oxygen atoms in total. The molecular weight excluding hydrogens is 295 g/mol. The Hall–Kier alpha value is -0.420. The van der Waals surface area contributed by atoms with Gasteiger partial charge in [0.15, 0.2) is 0 Å². The number of hydrogen-bond donors (Lipinski definition) is 1. The second-order valence-electron chi connectivity index (χ2n) is 3.64. The molecule has 0 aliphatic carbocycles. The molecule has 2 rings (SSSR count). The van der Waals surface area contributed by atoms with E-state index in [1.54, 1.807) is 0 Å². The topological polar surface area (TPSA) is 15.3 Å². The third kappa shape index (κ3) is 2.40. The van der Waals surface area contributed by atoms with E-state index in [2.05, 4.69) is 16.8 Å². The summed E-state index contributed by atoms with van der Waals surface area (Å²) < 4.78 is 1.51. The molecule has 0 bridgehead atoms. The van der Waals surface area contributed by atoms with Gasteiger partial charge in [0, 0.05) is 31.6 Å². The first-order valence-corrected chi connectivity index (χ1v) is 7.28. The van der Waals surface area contributed by atoms with Crippen LogP contribution in [0, 0.1) is 5.38 Å². The molecule has 2 heterocycles. The van der Waals surface area contributed by atoms with Crippen molar-refractivity contribution in [2.75, 3.05) is 31.4 Å². The fourth-order valence-electron chi connectivity index (χ4n) is 1.48. The van der Waals surface area contributed by atoms with Crippen LogP contribution in [-0.4, -0.2) is 21.1 Å². The fourth-order valence-corrected chi connectivity index (χ4v) is 4.11. The maximum Gasteiger partial charge on any atom is 0.117 e. The van der Waals surface area contributed by atoms with E-state index in [1.807, 2.05) is 26.0 Å². The molecule has 1 radical (unpaired) electrons. The van der Waals surface area contributed by atoms with E-state index in [9.17, 15) is 0 Å². The van der Waals surface area contributed by atoms with Gasteiger partial charge < -0.3 is 10.2 Å². The number of halogens is 2. The average Bonchev–Trinajstić information content (AvgIpc) is 2.81. The lowest BCUT2D eigenvalue weighted by Gasteiger charge is -2.09. The lowest BCUT2D eigenvalue weighted by Crippen LogP contribution is -2.07. The zero-order valence-electron chi connectivity index (χ0n) is 9.60. The molecule has 0 saturated carbocycles. The van der Waals surface area contributed by atoms with Gasteiger partial charge in [-0.25, -0.2) is 0 Å². The first-order valence-electron chi connectivity index (χ1n) is 4.89. The van der Waals surface area contributed by atoms with Crippen molar-refractivity contribution in [1.82, 2.24) is 0 Å². The molecular formula is C11H11Cl2N2S2. The fraction of sp³-hybridized carbons (Fsp3) is 0.273. The molecule has 0 spiro atoms. The summed E-state index contributed by atoms with van der Waals surface area (Å²) in [5.74, 6) is 0. The van der Waals surface area contributed by atoms with Crippen molar-refractivity contribution in [3.63, 3.8) is 0 Å². The predicted molar refractivity (Wildman–Crippen MR) is 80.4 cm³/mol. The van der Waals surface area contributed by atoms with Crippen molar-refractivity contribution in [3.05, 3.63) is 20.1 Å². The van der Waals surface area contributed by atoms with Gasteiger partial charge in [-0.15, -0.1) is 22.7 Å². The highest BCUT2D eigenvalue weighted by atomic mass is 35.5. The van der Waals surface area contributed by atoms with Crippen LogP contribution >= 0.6 is 45.9 Å². The van der Waals surface area contributed by atoms with Crippen molar-refractivity contribution >= 4 is 57.3 Å². The minimum atomic E-state index is 0.734. The Morgan fingerprint density at radius 2 is 2.00 bits per heavy atom. The molecule has 2 aromatic rings. The van der Waals surface area contributed by atoms with Gasteiger partial charge in [-0.3, -0.25) is 0 Å². The molecule has 0 aliphatic rings. The van der Waals surface area contributed by atoms with E-state index in [1.165, 1.54) is 22.7 Å². The van der Waals surface area contributed by atoms with Crippen LogP contribution in [0.1, 0.15) is 0 Å². The van der Waals surface area contributed by atoms with Crippen molar-refractivity contribution in [3.8, 4) is 10.4 Å². The average molecular weight is 306 g/mol. The van der Waals surface area contributed by atoms with Gasteiger partial charge in [-0.05, 0) is 6.07 Å². The second-order valence-corrected chi connectivity index (χ2v) is 6.71. The summed E-state index contributed by atoms with van der Waals surface area (Å²) in [5, 5.41) is 6.22. The van der Waals surface area contributed by atoms with Crippen LogP contribution in [0.2, 0.25) is 8.67 Å². The van der Waals surface area contributed by atoms with Gasteiger partial charge in [0.05, 0.1) is 16.8 Å². The van der Waals surface area contributed by atoms with Gasteiger partial charge in [-0.2, -0.15) is 0 Å². The van der Waals surface area contributed by atoms with Crippen LogP contribution in [0.15, 0.2) is 6.07 Å². The molecule has 6 heteroatoms. The highest BCUT2D eigenvalue weighted by molar-refractivity contribution is 7.21. The molecule has 0 amide bonds. The lowest BCUT2D eigenvalue weighted by atomic mass is 10.2. The SMILES string of the molecule is CNc1[c]sc(Cl)c1-c1cc(N(C)C)c(Cl)s1. The Morgan fingerprint density at radius 3 is 2.53 bits per heavy atom. The Balaban J connectivity index is 2.53. The van der Waals surface area contributed by atoms with Crippen molar-refractivity contribution in [2.45, 2.75) is 0 Å². The molecule has 0 saturated heterocycles. The van der Waals surface area contributed by atoms with E-state index < -0.39 is 0 Å². The second kappa shape index (κ2) is 5.06. The standard InChI is InChI=1S/C11H11Cl2N2S2/c1-14-6-5-16-11(13)9(6)8-4-7(15(2)3)10(12)17-8/h4,14H,1-3H3. The predicted octanol–water partition coefficient (Wildman–Crippen LogP) is 4.69. The number of nitrogens with one attached hydrogen (secondary N) is 1. The number of hydrogen-bond acceptors (Lipinski definition) is 4. The number of anilines is 2. The molecule has 91 valence electrons.